The van der Waals surface area contributed by atoms with Crippen molar-refractivity contribution in [2.75, 3.05) is 63.7 Å². The standard InChI is InChI=1S/C34H42N4O8S/c1-47(42,43)31-8-4-3-7-27(31)38-14-11-26(28(39)23-38)35-33(41)34(12-5-2-6-13-34)36-32(40)30-22-24-21-25(9-10-29(24)46-30)45-20-17-37-15-18-44-19-16-37/h3-4,7-10,21-22,26H,2,5-6,11-20,23H2,1H3,(H,35,41)(H,36,40). The summed E-state index contributed by atoms with van der Waals surface area (Å²) < 4.78 is 41.9. The lowest BCUT2D eigenvalue weighted by molar-refractivity contribution is -0.133. The van der Waals surface area contributed by atoms with Crippen LogP contribution in [0.4, 0.5) is 5.69 Å². The van der Waals surface area contributed by atoms with Crippen molar-refractivity contribution < 1.29 is 36.7 Å². The largest absolute Gasteiger partial charge is 0.492 e. The lowest BCUT2D eigenvalue weighted by Gasteiger charge is -2.39. The zero-order valence-electron chi connectivity index (χ0n) is 26.7. The van der Waals surface area contributed by atoms with Gasteiger partial charge in [0.25, 0.3) is 5.91 Å². The molecule has 2 amide bonds. The van der Waals surface area contributed by atoms with Crippen LogP contribution >= 0.6 is 0 Å². The summed E-state index contributed by atoms with van der Waals surface area (Å²) in [7, 11) is -3.49. The number of fused-ring (bicyclic) bond motifs is 1. The summed E-state index contributed by atoms with van der Waals surface area (Å²) in [6.07, 6.45) is 4.81. The van der Waals surface area contributed by atoms with Gasteiger partial charge in [0.15, 0.2) is 21.4 Å². The minimum Gasteiger partial charge on any atom is -0.492 e. The number of nitrogens with zero attached hydrogens (tertiary/aromatic N) is 2. The van der Waals surface area contributed by atoms with Crippen LogP contribution in [-0.2, 0) is 24.2 Å². The Hall–Kier alpha value is -3.94. The number of furan rings is 1. The smallest absolute Gasteiger partial charge is 0.287 e. The van der Waals surface area contributed by atoms with E-state index in [-0.39, 0.29) is 28.9 Å². The van der Waals surface area contributed by atoms with Gasteiger partial charge in [0.1, 0.15) is 23.5 Å². The molecule has 2 N–H and O–H groups in total. The molecule has 252 valence electrons. The molecular formula is C34H42N4O8S. The van der Waals surface area contributed by atoms with Gasteiger partial charge in [-0.2, -0.15) is 0 Å². The van der Waals surface area contributed by atoms with Crippen LogP contribution in [0.15, 0.2) is 57.8 Å². The third-order valence-electron chi connectivity index (χ3n) is 9.32. The van der Waals surface area contributed by atoms with E-state index in [2.05, 4.69) is 15.5 Å². The third kappa shape index (κ3) is 7.63. The molecule has 3 aliphatic rings. The van der Waals surface area contributed by atoms with E-state index in [0.29, 0.717) is 49.4 Å². The van der Waals surface area contributed by atoms with Crippen molar-refractivity contribution in [1.29, 1.82) is 0 Å². The quantitative estimate of drug-likeness (QED) is 0.331. The SMILES string of the molecule is CS(=O)(=O)c1ccccc1N1CCC(NC(=O)C2(NC(=O)c3cc4cc(OCCN5CCOCC5)ccc4o3)CCCCC2)C(=O)C1. The summed E-state index contributed by atoms with van der Waals surface area (Å²) >= 11 is 0. The van der Waals surface area contributed by atoms with Gasteiger partial charge in [-0.15, -0.1) is 0 Å². The van der Waals surface area contributed by atoms with Crippen LogP contribution in [0.25, 0.3) is 11.0 Å². The number of carbonyl (C=O) groups excluding carboxylic acids is 3. The number of benzene rings is 2. The maximum absolute atomic E-state index is 13.8. The van der Waals surface area contributed by atoms with Crippen molar-refractivity contribution in [2.24, 2.45) is 0 Å². The predicted molar refractivity (Wildman–Crippen MR) is 176 cm³/mol. The van der Waals surface area contributed by atoms with Crippen molar-refractivity contribution in [1.82, 2.24) is 15.5 Å². The first-order valence-electron chi connectivity index (χ1n) is 16.3. The molecular weight excluding hydrogens is 624 g/mol. The van der Waals surface area contributed by atoms with E-state index in [1.54, 1.807) is 35.2 Å². The molecule has 1 aromatic heterocycles. The number of hydrogen-bond donors (Lipinski definition) is 2. The van der Waals surface area contributed by atoms with E-state index in [9.17, 15) is 22.8 Å². The molecule has 1 atom stereocenters. The molecule has 3 aromatic rings. The van der Waals surface area contributed by atoms with Gasteiger partial charge in [-0.1, -0.05) is 31.4 Å². The van der Waals surface area contributed by atoms with Crippen LogP contribution in [0, 0.1) is 0 Å². The Morgan fingerprint density at radius 2 is 1.79 bits per heavy atom. The Morgan fingerprint density at radius 3 is 2.53 bits per heavy atom. The first kappa shape index (κ1) is 33.0. The molecule has 12 nitrogen and oxygen atoms in total. The molecule has 2 aliphatic heterocycles. The van der Waals surface area contributed by atoms with Crippen molar-refractivity contribution in [2.45, 2.75) is 55.0 Å². The van der Waals surface area contributed by atoms with Gasteiger partial charge in [-0.3, -0.25) is 19.3 Å². The number of rotatable bonds is 10. The van der Waals surface area contributed by atoms with Gasteiger partial charge in [0.2, 0.25) is 5.91 Å². The van der Waals surface area contributed by atoms with E-state index in [1.165, 1.54) is 6.07 Å². The predicted octanol–water partition coefficient (Wildman–Crippen LogP) is 2.94. The summed E-state index contributed by atoms with van der Waals surface area (Å²) in [5.41, 5.74) is -0.170. The van der Waals surface area contributed by atoms with Gasteiger partial charge < -0.3 is 29.4 Å². The first-order valence-corrected chi connectivity index (χ1v) is 18.2. The molecule has 47 heavy (non-hydrogen) atoms. The minimum atomic E-state index is -3.49. The summed E-state index contributed by atoms with van der Waals surface area (Å²) in [4.78, 5) is 44.8. The van der Waals surface area contributed by atoms with E-state index < -0.39 is 27.3 Å². The van der Waals surface area contributed by atoms with E-state index in [4.69, 9.17) is 13.9 Å². The molecule has 1 aliphatic carbocycles. The number of anilines is 1. The Labute approximate surface area is 274 Å². The molecule has 3 heterocycles. The Kier molecular flexibility index (Phi) is 9.85. The molecule has 6 rings (SSSR count). The summed E-state index contributed by atoms with van der Waals surface area (Å²) in [6, 6.07) is 12.9. The number of ketones is 1. The summed E-state index contributed by atoms with van der Waals surface area (Å²) in [5, 5.41) is 6.62. The van der Waals surface area contributed by atoms with Crippen LogP contribution in [0.2, 0.25) is 0 Å². The first-order chi connectivity index (χ1) is 22.6. The van der Waals surface area contributed by atoms with E-state index >= 15 is 0 Å². The number of piperidine rings is 1. The van der Waals surface area contributed by atoms with E-state index in [0.717, 1.165) is 63.8 Å². The second-order valence-corrected chi connectivity index (χ2v) is 14.6. The molecule has 13 heteroatoms. The van der Waals surface area contributed by atoms with Crippen LogP contribution in [0.3, 0.4) is 0 Å². The second-order valence-electron chi connectivity index (χ2n) is 12.7. The fraction of sp³-hybridized carbons (Fsp3) is 0.500. The maximum atomic E-state index is 13.8. The number of sulfone groups is 1. The topological polar surface area (TPSA) is 147 Å². The Balaban J connectivity index is 1.09. The molecule has 1 saturated carbocycles. The number of morpholine rings is 1. The molecule has 3 fully saturated rings. The number of hydrogen-bond acceptors (Lipinski definition) is 10. The van der Waals surface area contributed by atoms with Crippen LogP contribution < -0.4 is 20.3 Å². The summed E-state index contributed by atoms with van der Waals surface area (Å²) in [5.74, 6) is -0.327. The normalized spacial score (nSPS) is 20.6. The minimum absolute atomic E-state index is 0.0330. The second kappa shape index (κ2) is 14.0. The highest BCUT2D eigenvalue weighted by molar-refractivity contribution is 7.90. The molecule has 0 spiro atoms. The number of carbonyl (C=O) groups is 3. The Morgan fingerprint density at radius 1 is 1.02 bits per heavy atom. The number of amides is 2. The number of Topliss-reactive ketones (excluding diaryl/α,β-unsaturated/α-hetero) is 1. The lowest BCUT2D eigenvalue weighted by Crippen LogP contribution is -2.63. The number of para-hydroxylation sites is 1. The number of nitrogens with one attached hydrogen (secondary N) is 2. The van der Waals surface area contributed by atoms with Crippen LogP contribution in [0.1, 0.15) is 49.1 Å². The third-order valence-corrected chi connectivity index (χ3v) is 10.5. The van der Waals surface area contributed by atoms with Crippen molar-refractivity contribution in [3.8, 4) is 5.75 Å². The van der Waals surface area contributed by atoms with Crippen molar-refractivity contribution >= 4 is 44.1 Å². The Bertz CT molecular complexity index is 1730. The van der Waals surface area contributed by atoms with Crippen molar-refractivity contribution in [3.63, 3.8) is 0 Å². The molecule has 0 radical (unpaired) electrons. The number of ether oxygens (including phenoxy) is 2. The average Bonchev–Trinajstić information content (AvgIpc) is 3.50. The van der Waals surface area contributed by atoms with Gasteiger partial charge in [-0.25, -0.2) is 8.42 Å². The average molecular weight is 667 g/mol. The zero-order chi connectivity index (χ0) is 33.0. The fourth-order valence-corrected chi connectivity index (χ4v) is 7.60. The van der Waals surface area contributed by atoms with E-state index in [1.807, 2.05) is 12.1 Å². The van der Waals surface area contributed by atoms with Gasteiger partial charge in [0.05, 0.1) is 36.4 Å². The highest BCUT2D eigenvalue weighted by Gasteiger charge is 2.43. The fourth-order valence-electron chi connectivity index (χ4n) is 6.69. The molecule has 0 bridgehead atoms. The van der Waals surface area contributed by atoms with Gasteiger partial charge in [0, 0.05) is 37.8 Å². The van der Waals surface area contributed by atoms with Crippen molar-refractivity contribution in [3.05, 3.63) is 54.3 Å². The monoisotopic (exact) mass is 666 g/mol. The lowest BCUT2D eigenvalue weighted by atomic mass is 9.80. The van der Waals surface area contributed by atoms with Crippen LogP contribution in [0.5, 0.6) is 5.75 Å². The van der Waals surface area contributed by atoms with Gasteiger partial charge >= 0.3 is 0 Å². The highest BCUT2D eigenvalue weighted by atomic mass is 32.2. The molecule has 2 aromatic carbocycles. The van der Waals surface area contributed by atoms with Crippen LogP contribution in [-0.4, -0.2) is 101 Å². The maximum Gasteiger partial charge on any atom is 0.287 e. The highest BCUT2D eigenvalue weighted by Crippen LogP contribution is 2.32. The van der Waals surface area contributed by atoms with Gasteiger partial charge in [-0.05, 0) is 55.7 Å². The molecule has 2 saturated heterocycles. The molecule has 1 unspecified atom stereocenters. The summed E-state index contributed by atoms with van der Waals surface area (Å²) in [6.45, 7) is 4.93. The zero-order valence-corrected chi connectivity index (χ0v) is 27.5.